The van der Waals surface area contributed by atoms with E-state index in [-0.39, 0.29) is 32.3 Å². The van der Waals surface area contributed by atoms with Gasteiger partial charge in [-0.25, -0.2) is 14.2 Å². The van der Waals surface area contributed by atoms with E-state index in [1.165, 1.54) is 6.07 Å². The fourth-order valence-corrected chi connectivity index (χ4v) is 1.79. The molecule has 1 aromatic heterocycles. The van der Waals surface area contributed by atoms with Crippen molar-refractivity contribution in [3.05, 3.63) is 23.8 Å². The molecule has 7 heteroatoms. The topological polar surface area (TPSA) is 75.4 Å². The molecule has 2 N–H and O–H groups in total. The zero-order valence-electron chi connectivity index (χ0n) is 10.3. The average molecular weight is 378 g/mol. The lowest BCUT2D eigenvalue weighted by Crippen LogP contribution is -2.25. The Kier molecular flexibility index (Phi) is 3.93. The molecule has 0 aliphatic heterocycles. The summed E-state index contributed by atoms with van der Waals surface area (Å²) in [5, 5.41) is 12.1. The number of nitrogens with zero attached hydrogens (tertiary/aromatic N) is 1. The van der Waals surface area contributed by atoms with E-state index in [1.54, 1.807) is 0 Å². The van der Waals surface area contributed by atoms with E-state index >= 15 is 0 Å². The molecule has 2 aromatic rings. The fourth-order valence-electron chi connectivity index (χ4n) is 1.61. The number of nitrogens with one attached hydrogen (secondary N) is 1. The lowest BCUT2D eigenvalue weighted by atomic mass is 10.1. The molecule has 0 saturated carbocycles. The first-order valence-corrected chi connectivity index (χ1v) is 6.86. The lowest BCUT2D eigenvalue weighted by molar-refractivity contribution is 0.0697. The van der Waals surface area contributed by atoms with Crippen molar-refractivity contribution >= 4 is 45.3 Å². The summed E-state index contributed by atoms with van der Waals surface area (Å²) in [4.78, 5) is 15.0. The molecule has 0 fully saturated rings. The molecule has 0 spiro atoms. The van der Waals surface area contributed by atoms with Crippen LogP contribution in [0.5, 0.6) is 0 Å². The number of carboxylic acid groups (broad SMARTS) is 1. The average Bonchev–Trinajstić information content (AvgIpc) is 2.80. The molecule has 19 heavy (non-hydrogen) atoms. The quantitative estimate of drug-likeness (QED) is 0.631. The maximum atomic E-state index is 14.3. The summed E-state index contributed by atoms with van der Waals surface area (Å²) in [5.41, 5.74) is -0.0630. The summed E-state index contributed by atoms with van der Waals surface area (Å²) in [5.74, 6) is -1.92. The van der Waals surface area contributed by atoms with Crippen LogP contribution in [0, 0.1) is 5.82 Å². The van der Waals surface area contributed by atoms with Crippen LogP contribution in [0.4, 0.5) is 10.1 Å². The van der Waals surface area contributed by atoms with Gasteiger partial charge in [-0.2, -0.15) is 0 Å². The minimum atomic E-state index is -1.21. The molecule has 0 amide bonds. The minimum Gasteiger partial charge on any atom is -0.478 e. The first kappa shape index (κ1) is 14.0. The number of hydrogen-bond acceptors (Lipinski definition) is 4. The zero-order valence-corrected chi connectivity index (χ0v) is 12.4. The molecule has 0 aliphatic rings. The third kappa shape index (κ3) is 2.65. The molecular weight excluding hydrogens is 366 g/mol. The third-order valence-electron chi connectivity index (χ3n) is 2.86. The Hall–Kier alpha value is -1.38. The maximum Gasteiger partial charge on any atom is 0.338 e. The predicted molar refractivity (Wildman–Crippen MR) is 77.5 cm³/mol. The van der Waals surface area contributed by atoms with Crippen molar-refractivity contribution in [2.75, 3.05) is 5.32 Å². The van der Waals surface area contributed by atoms with Crippen molar-refractivity contribution in [2.24, 2.45) is 0 Å². The highest BCUT2D eigenvalue weighted by Crippen LogP contribution is 2.29. The molecule has 0 radical (unpaired) electrons. The molecule has 1 aromatic carbocycles. The van der Waals surface area contributed by atoms with Crippen molar-refractivity contribution in [3.63, 3.8) is 0 Å². The van der Waals surface area contributed by atoms with Gasteiger partial charge in [0.1, 0.15) is 5.52 Å². The Balaban J connectivity index is 2.58. The van der Waals surface area contributed by atoms with E-state index in [1.807, 2.05) is 13.8 Å². The van der Waals surface area contributed by atoms with Crippen LogP contribution in [0.2, 0.25) is 0 Å². The molecule has 1 heterocycles. The lowest BCUT2D eigenvalue weighted by Gasteiger charge is -2.19. The number of carboxylic acids is 1. The Morgan fingerprint density at radius 2 is 2.26 bits per heavy atom. The molecule has 0 aliphatic carbocycles. The summed E-state index contributed by atoms with van der Waals surface area (Å²) in [7, 11) is 0. The maximum absolute atomic E-state index is 14.3. The smallest absolute Gasteiger partial charge is 0.338 e. The molecule has 2 atom stereocenters. The molecule has 0 bridgehead atoms. The SMILES string of the molecule is CC(Nc1c(C(=O)O)cc2ocnc2c1F)[C@@H](C)I. The largest absolute Gasteiger partial charge is 0.478 e. The number of alkyl halides is 1. The Morgan fingerprint density at radius 3 is 2.84 bits per heavy atom. The number of benzene rings is 1. The van der Waals surface area contributed by atoms with Crippen LogP contribution in [0.25, 0.3) is 11.1 Å². The molecule has 102 valence electrons. The molecule has 1 unspecified atom stereocenters. The number of aromatic nitrogens is 1. The van der Waals surface area contributed by atoms with Gasteiger partial charge in [0.25, 0.3) is 0 Å². The number of rotatable bonds is 4. The number of halogens is 2. The highest BCUT2D eigenvalue weighted by molar-refractivity contribution is 14.1. The molecular formula is C12H12FIN2O3. The second kappa shape index (κ2) is 5.32. The van der Waals surface area contributed by atoms with Crippen LogP contribution in [0.1, 0.15) is 24.2 Å². The first-order chi connectivity index (χ1) is 8.91. The number of hydrogen-bond donors (Lipinski definition) is 2. The van der Waals surface area contributed by atoms with Gasteiger partial charge in [-0.3, -0.25) is 0 Å². The van der Waals surface area contributed by atoms with E-state index in [0.717, 1.165) is 6.39 Å². The van der Waals surface area contributed by atoms with Crippen LogP contribution in [0.3, 0.4) is 0 Å². The van der Waals surface area contributed by atoms with Gasteiger partial charge in [0, 0.05) is 9.97 Å². The third-order valence-corrected chi connectivity index (χ3v) is 3.94. The van der Waals surface area contributed by atoms with Gasteiger partial charge in [-0.1, -0.05) is 29.5 Å². The van der Waals surface area contributed by atoms with Gasteiger partial charge in [-0.15, -0.1) is 0 Å². The van der Waals surface area contributed by atoms with Gasteiger partial charge in [0.15, 0.2) is 17.8 Å². The van der Waals surface area contributed by atoms with Crippen molar-refractivity contribution in [2.45, 2.75) is 23.8 Å². The highest BCUT2D eigenvalue weighted by Gasteiger charge is 2.22. The van der Waals surface area contributed by atoms with E-state index in [4.69, 9.17) is 9.52 Å². The van der Waals surface area contributed by atoms with E-state index in [9.17, 15) is 9.18 Å². The van der Waals surface area contributed by atoms with Crippen LogP contribution >= 0.6 is 22.6 Å². The second-order valence-corrected chi connectivity index (χ2v) is 6.19. The fraction of sp³-hybridized carbons (Fsp3) is 0.333. The van der Waals surface area contributed by atoms with Gasteiger partial charge < -0.3 is 14.8 Å². The Morgan fingerprint density at radius 1 is 1.58 bits per heavy atom. The van der Waals surface area contributed by atoms with Crippen molar-refractivity contribution in [1.29, 1.82) is 0 Å². The number of carbonyl (C=O) groups is 1. The van der Waals surface area contributed by atoms with Crippen LogP contribution in [0.15, 0.2) is 16.9 Å². The summed E-state index contributed by atoms with van der Waals surface area (Å²) < 4.78 is 19.5. The van der Waals surface area contributed by atoms with Crippen molar-refractivity contribution in [3.8, 4) is 0 Å². The number of aromatic carboxylic acids is 1. The first-order valence-electron chi connectivity index (χ1n) is 5.61. The van der Waals surface area contributed by atoms with Gasteiger partial charge in [-0.05, 0) is 13.0 Å². The van der Waals surface area contributed by atoms with Gasteiger partial charge in [0.2, 0.25) is 0 Å². The summed E-state index contributed by atoms with van der Waals surface area (Å²) >= 11 is 2.19. The minimum absolute atomic E-state index is 0.0285. The molecule has 0 saturated heterocycles. The van der Waals surface area contributed by atoms with Gasteiger partial charge >= 0.3 is 5.97 Å². The monoisotopic (exact) mass is 378 g/mol. The van der Waals surface area contributed by atoms with Crippen molar-refractivity contribution < 1.29 is 18.7 Å². The van der Waals surface area contributed by atoms with Crippen LogP contribution < -0.4 is 5.32 Å². The number of anilines is 1. The predicted octanol–water partition coefficient (Wildman–Crippen LogP) is 3.29. The van der Waals surface area contributed by atoms with E-state index in [0.29, 0.717) is 0 Å². The molecule has 5 nitrogen and oxygen atoms in total. The number of oxazole rings is 1. The Bertz CT molecular complexity index is 627. The van der Waals surface area contributed by atoms with Crippen molar-refractivity contribution in [1.82, 2.24) is 4.98 Å². The normalized spacial score (nSPS) is 14.3. The van der Waals surface area contributed by atoms with E-state index in [2.05, 4.69) is 32.9 Å². The van der Waals surface area contributed by atoms with Crippen LogP contribution in [-0.2, 0) is 0 Å². The second-order valence-electron chi connectivity index (χ2n) is 4.23. The summed E-state index contributed by atoms with van der Waals surface area (Å²) in [6.07, 6.45) is 1.09. The number of fused-ring (bicyclic) bond motifs is 1. The summed E-state index contributed by atoms with van der Waals surface area (Å²) in [6, 6.07) is 1.19. The van der Waals surface area contributed by atoms with E-state index < -0.39 is 11.8 Å². The standard InChI is InChI=1S/C12H12FIN2O3/c1-5(14)6(2)16-10-7(12(17)18)3-8-11(9(10)13)15-4-19-8/h3-6,16H,1-2H3,(H,17,18)/t5-,6?/m1/s1. The zero-order chi connectivity index (χ0) is 14.2. The van der Waals surface area contributed by atoms with Gasteiger partial charge in [0.05, 0.1) is 11.3 Å². The van der Waals surface area contributed by atoms with Crippen LogP contribution in [-0.4, -0.2) is 26.0 Å². The summed E-state index contributed by atoms with van der Waals surface area (Å²) in [6.45, 7) is 3.81. The molecule has 2 rings (SSSR count). The Labute approximate surface area is 122 Å². The highest BCUT2D eigenvalue weighted by atomic mass is 127.